The number of Topliss-reactive ketones (excluding diaryl/α,β-unsaturated/α-hetero) is 1. The number of carbonyl (C=O) groups excluding carboxylic acids is 2. The number of rotatable bonds is 2. The first-order chi connectivity index (χ1) is 8.14. The molecular formula is C12H17NO4S. The van der Waals surface area contributed by atoms with Crippen molar-refractivity contribution in [2.45, 2.75) is 32.6 Å². The van der Waals surface area contributed by atoms with Crippen molar-refractivity contribution in [1.29, 1.82) is 0 Å². The zero-order chi connectivity index (χ0) is 13.7. The van der Waals surface area contributed by atoms with Crippen LogP contribution in [0.15, 0.2) is 12.3 Å². The Kier molecular flexibility index (Phi) is 2.88. The number of fused-ring (bicyclic) bond motifs is 1. The van der Waals surface area contributed by atoms with E-state index in [1.807, 2.05) is 0 Å². The molecule has 0 aliphatic carbocycles. The van der Waals surface area contributed by atoms with Crippen molar-refractivity contribution in [1.82, 2.24) is 4.90 Å². The molecule has 0 aromatic carbocycles. The Hall–Kier alpha value is -1.17. The Labute approximate surface area is 107 Å². The van der Waals surface area contributed by atoms with E-state index in [9.17, 15) is 18.0 Å². The van der Waals surface area contributed by atoms with Crippen LogP contribution in [0, 0.1) is 11.3 Å². The lowest BCUT2D eigenvalue weighted by molar-refractivity contribution is -0.149. The molecule has 2 aliphatic rings. The zero-order valence-electron chi connectivity index (χ0n) is 10.7. The molecule has 1 saturated heterocycles. The Balaban J connectivity index is 2.19. The van der Waals surface area contributed by atoms with Crippen molar-refractivity contribution in [3.05, 3.63) is 12.3 Å². The summed E-state index contributed by atoms with van der Waals surface area (Å²) >= 11 is 0. The van der Waals surface area contributed by atoms with E-state index in [2.05, 4.69) is 0 Å². The average Bonchev–Trinajstić information content (AvgIpc) is 2.23. The molecular weight excluding hydrogens is 254 g/mol. The van der Waals surface area contributed by atoms with Crippen LogP contribution in [0.4, 0.5) is 0 Å². The predicted molar refractivity (Wildman–Crippen MR) is 66.1 cm³/mol. The Morgan fingerprint density at radius 3 is 2.61 bits per heavy atom. The first kappa shape index (κ1) is 13.3. The normalized spacial score (nSPS) is 29.7. The van der Waals surface area contributed by atoms with Crippen molar-refractivity contribution in [2.75, 3.05) is 5.75 Å². The highest BCUT2D eigenvalue weighted by atomic mass is 32.2. The van der Waals surface area contributed by atoms with E-state index >= 15 is 0 Å². The highest BCUT2D eigenvalue weighted by molar-refractivity contribution is 7.92. The minimum atomic E-state index is -3.33. The lowest BCUT2D eigenvalue weighted by Gasteiger charge is -2.46. The molecule has 0 N–H and O–H groups in total. The van der Waals surface area contributed by atoms with Gasteiger partial charge in [-0.05, 0) is 0 Å². The van der Waals surface area contributed by atoms with Gasteiger partial charge in [0.2, 0.25) is 5.91 Å². The molecule has 0 bridgehead atoms. The van der Waals surface area contributed by atoms with Gasteiger partial charge in [0, 0.05) is 18.0 Å². The van der Waals surface area contributed by atoms with Gasteiger partial charge in [-0.1, -0.05) is 26.8 Å². The van der Waals surface area contributed by atoms with Gasteiger partial charge < -0.3 is 4.90 Å². The van der Waals surface area contributed by atoms with Crippen molar-refractivity contribution in [3.63, 3.8) is 0 Å². The van der Waals surface area contributed by atoms with Gasteiger partial charge in [0.25, 0.3) is 0 Å². The van der Waals surface area contributed by atoms with Gasteiger partial charge in [-0.15, -0.1) is 0 Å². The minimum absolute atomic E-state index is 0.0105. The fourth-order valence-electron chi connectivity index (χ4n) is 2.22. The summed E-state index contributed by atoms with van der Waals surface area (Å²) in [5.74, 6) is -1.10. The van der Waals surface area contributed by atoms with Gasteiger partial charge in [0.05, 0.1) is 11.7 Å². The molecule has 6 heteroatoms. The molecule has 2 aliphatic heterocycles. The fraction of sp³-hybridized carbons (Fsp3) is 0.667. The molecule has 18 heavy (non-hydrogen) atoms. The number of amides is 1. The molecule has 2 atom stereocenters. The van der Waals surface area contributed by atoms with E-state index in [4.69, 9.17) is 0 Å². The minimum Gasteiger partial charge on any atom is -0.301 e. The number of ketones is 1. The lowest BCUT2D eigenvalue weighted by Crippen LogP contribution is -2.64. The first-order valence-electron chi connectivity index (χ1n) is 5.88. The van der Waals surface area contributed by atoms with Crippen LogP contribution >= 0.6 is 0 Å². The highest BCUT2D eigenvalue weighted by Crippen LogP contribution is 2.38. The summed E-state index contributed by atoms with van der Waals surface area (Å²) in [5, 5.41) is -0.832. The molecule has 2 rings (SSSR count). The number of β-lactam (4-membered cyclic amide) rings is 1. The third-order valence-electron chi connectivity index (χ3n) is 3.39. The molecule has 0 radical (unpaired) electrons. The van der Waals surface area contributed by atoms with Gasteiger partial charge in [-0.2, -0.15) is 0 Å². The second-order valence-corrected chi connectivity index (χ2v) is 7.98. The summed E-state index contributed by atoms with van der Waals surface area (Å²) in [4.78, 5) is 24.9. The van der Waals surface area contributed by atoms with Gasteiger partial charge in [0.1, 0.15) is 5.78 Å². The number of carbonyl (C=O) groups is 2. The highest BCUT2D eigenvalue weighted by Gasteiger charge is 2.55. The smallest absolute Gasteiger partial charge is 0.234 e. The second-order valence-electron chi connectivity index (χ2n) is 5.83. The van der Waals surface area contributed by atoms with Crippen LogP contribution in [-0.4, -0.2) is 36.1 Å². The van der Waals surface area contributed by atoms with Crippen LogP contribution in [0.25, 0.3) is 0 Å². The molecule has 1 fully saturated rings. The zero-order valence-corrected chi connectivity index (χ0v) is 11.5. The number of hydrogen-bond donors (Lipinski definition) is 0. The average molecular weight is 271 g/mol. The van der Waals surface area contributed by atoms with E-state index < -0.39 is 26.5 Å². The van der Waals surface area contributed by atoms with E-state index in [1.54, 1.807) is 20.8 Å². The molecule has 0 aromatic rings. The predicted octanol–water partition coefficient (Wildman–Crippen LogP) is 0.718. The third kappa shape index (κ3) is 1.98. The molecule has 2 heterocycles. The van der Waals surface area contributed by atoms with Gasteiger partial charge in [-0.3, -0.25) is 9.59 Å². The Morgan fingerprint density at radius 2 is 2.06 bits per heavy atom. The lowest BCUT2D eigenvalue weighted by atomic mass is 9.82. The summed E-state index contributed by atoms with van der Waals surface area (Å²) in [6.45, 7) is 5.31. The molecule has 0 spiro atoms. The second kappa shape index (κ2) is 3.91. The number of sulfone groups is 1. The van der Waals surface area contributed by atoms with Crippen LogP contribution < -0.4 is 0 Å². The van der Waals surface area contributed by atoms with Gasteiger partial charge in [0.15, 0.2) is 15.2 Å². The molecule has 0 unspecified atom stereocenters. The van der Waals surface area contributed by atoms with Crippen LogP contribution in [0.1, 0.15) is 27.2 Å². The maximum Gasteiger partial charge on any atom is 0.234 e. The van der Waals surface area contributed by atoms with Gasteiger partial charge >= 0.3 is 0 Å². The summed E-state index contributed by atoms with van der Waals surface area (Å²) in [6, 6.07) is 0. The maximum atomic E-state index is 11.9. The fourth-order valence-corrected chi connectivity index (χ4v) is 4.00. The SMILES string of the molecule is CC(C)(C)C(=O)C[C@H]1C(=O)N2C=CCS(=O)(=O)[C@@H]12. The van der Waals surface area contributed by atoms with Crippen LogP contribution in [0.5, 0.6) is 0 Å². The van der Waals surface area contributed by atoms with E-state index in [1.165, 1.54) is 17.2 Å². The largest absolute Gasteiger partial charge is 0.301 e. The van der Waals surface area contributed by atoms with Gasteiger partial charge in [-0.25, -0.2) is 8.42 Å². The molecule has 5 nitrogen and oxygen atoms in total. The van der Waals surface area contributed by atoms with Crippen molar-refractivity contribution < 1.29 is 18.0 Å². The topological polar surface area (TPSA) is 71.5 Å². The van der Waals surface area contributed by atoms with Crippen molar-refractivity contribution >= 4 is 21.5 Å². The summed E-state index contributed by atoms with van der Waals surface area (Å²) < 4.78 is 23.7. The molecule has 1 amide bonds. The van der Waals surface area contributed by atoms with Crippen molar-refractivity contribution in [2.24, 2.45) is 11.3 Å². The molecule has 0 saturated carbocycles. The van der Waals surface area contributed by atoms with Crippen LogP contribution in [0.3, 0.4) is 0 Å². The quantitative estimate of drug-likeness (QED) is 0.694. The van der Waals surface area contributed by atoms with Crippen LogP contribution in [-0.2, 0) is 19.4 Å². The molecule has 0 aromatic heterocycles. The Bertz CT molecular complexity index is 527. The van der Waals surface area contributed by atoms with Crippen LogP contribution in [0.2, 0.25) is 0 Å². The van der Waals surface area contributed by atoms with E-state index in [-0.39, 0.29) is 23.9 Å². The van der Waals surface area contributed by atoms with Crippen molar-refractivity contribution in [3.8, 4) is 0 Å². The third-order valence-corrected chi connectivity index (χ3v) is 5.34. The summed E-state index contributed by atoms with van der Waals surface area (Å²) in [6.07, 6.45) is 2.98. The standard InChI is InChI=1S/C12H17NO4S/c1-12(2,3)9(14)7-8-10(15)13-5-4-6-18(16,17)11(8)13/h4-5,8,11H,6-7H2,1-3H3/t8-,11-/m0/s1. The molecule has 100 valence electrons. The number of nitrogens with zero attached hydrogens (tertiary/aromatic N) is 1. The monoisotopic (exact) mass is 271 g/mol. The van der Waals surface area contributed by atoms with E-state index in [0.29, 0.717) is 0 Å². The number of hydrogen-bond acceptors (Lipinski definition) is 4. The Morgan fingerprint density at radius 1 is 1.44 bits per heavy atom. The summed E-state index contributed by atoms with van der Waals surface area (Å²) in [5.41, 5.74) is -0.547. The summed E-state index contributed by atoms with van der Waals surface area (Å²) in [7, 11) is -3.33. The van der Waals surface area contributed by atoms with E-state index in [0.717, 1.165) is 0 Å². The maximum absolute atomic E-state index is 11.9. The first-order valence-corrected chi connectivity index (χ1v) is 7.60.